The van der Waals surface area contributed by atoms with E-state index in [0.29, 0.717) is 0 Å². The van der Waals surface area contributed by atoms with Gasteiger partial charge in [-0.3, -0.25) is 0 Å². The summed E-state index contributed by atoms with van der Waals surface area (Å²) >= 11 is 1.89. The van der Waals surface area contributed by atoms with Gasteiger partial charge in [-0.1, -0.05) is 84.9 Å². The number of hydrogen-bond donors (Lipinski definition) is 0. The fraction of sp³-hybridized carbons (Fsp3) is 0. The molecule has 0 saturated carbocycles. The first kappa shape index (κ1) is 21.0. The van der Waals surface area contributed by atoms with Crippen molar-refractivity contribution < 1.29 is 0 Å². The summed E-state index contributed by atoms with van der Waals surface area (Å²) in [7, 11) is 0. The third-order valence-corrected chi connectivity index (χ3v) is 10.0. The minimum atomic E-state index is 1.24. The second kappa shape index (κ2) is 7.38. The van der Waals surface area contributed by atoms with Crippen molar-refractivity contribution in [1.82, 2.24) is 4.57 Å². The van der Waals surface area contributed by atoms with Crippen LogP contribution in [0, 0.1) is 0 Å². The van der Waals surface area contributed by atoms with E-state index in [1.54, 1.807) is 0 Å². The number of rotatable bonds is 1. The fourth-order valence-electron chi connectivity index (χ4n) is 7.18. The van der Waals surface area contributed by atoms with E-state index in [2.05, 4.69) is 132 Å². The van der Waals surface area contributed by atoms with Gasteiger partial charge in [-0.15, -0.1) is 11.3 Å². The zero-order chi connectivity index (χ0) is 25.9. The molecule has 0 atom stereocenters. The summed E-state index contributed by atoms with van der Waals surface area (Å²) in [6.45, 7) is 0. The average Bonchev–Trinajstić information content (AvgIpc) is 3.64. The second-order valence-corrected chi connectivity index (χ2v) is 12.0. The van der Waals surface area contributed by atoms with Gasteiger partial charge >= 0.3 is 0 Å². The highest BCUT2D eigenvalue weighted by Gasteiger charge is 2.23. The van der Waals surface area contributed by atoms with Crippen LogP contribution in [0.4, 0.5) is 0 Å². The number of para-hydroxylation sites is 1. The fourth-order valence-corrected chi connectivity index (χ4v) is 8.32. The van der Waals surface area contributed by atoms with Crippen LogP contribution in [0.25, 0.3) is 91.5 Å². The monoisotopic (exact) mass is 523 g/mol. The van der Waals surface area contributed by atoms with Gasteiger partial charge in [0.1, 0.15) is 0 Å². The summed E-state index contributed by atoms with van der Waals surface area (Å²) in [5.41, 5.74) is 9.08. The van der Waals surface area contributed by atoms with Crippen LogP contribution in [-0.4, -0.2) is 4.57 Å². The first-order valence-electron chi connectivity index (χ1n) is 13.8. The number of benzene rings is 7. The van der Waals surface area contributed by atoms with E-state index in [9.17, 15) is 0 Å². The Balaban J connectivity index is 1.34. The molecule has 2 aromatic heterocycles. The Morgan fingerprint density at radius 1 is 0.400 bits per heavy atom. The average molecular weight is 524 g/mol. The Hall–Kier alpha value is -4.92. The Kier molecular flexibility index (Phi) is 3.87. The van der Waals surface area contributed by atoms with Gasteiger partial charge in [0.05, 0.1) is 16.7 Å². The Bertz CT molecular complexity index is 2510. The van der Waals surface area contributed by atoms with Crippen molar-refractivity contribution in [1.29, 1.82) is 0 Å². The number of thiophene rings is 1. The summed E-state index contributed by atoms with van der Waals surface area (Å²) in [5.74, 6) is 0. The lowest BCUT2D eigenvalue weighted by Gasteiger charge is -2.13. The maximum Gasteiger partial charge on any atom is 0.0547 e. The van der Waals surface area contributed by atoms with Gasteiger partial charge in [0.15, 0.2) is 0 Å². The van der Waals surface area contributed by atoms with Crippen molar-refractivity contribution >= 4 is 74.9 Å². The Morgan fingerprint density at radius 2 is 1.07 bits per heavy atom. The Morgan fingerprint density at radius 3 is 1.98 bits per heavy atom. The Labute approximate surface area is 234 Å². The highest BCUT2D eigenvalue weighted by molar-refractivity contribution is 7.25. The predicted octanol–water partition coefficient (Wildman–Crippen LogP) is 11.1. The van der Waals surface area contributed by atoms with Gasteiger partial charge < -0.3 is 4.57 Å². The van der Waals surface area contributed by atoms with Crippen molar-refractivity contribution in [3.63, 3.8) is 0 Å². The van der Waals surface area contributed by atoms with Gasteiger partial charge in [-0.05, 0) is 80.9 Å². The van der Waals surface area contributed by atoms with Crippen LogP contribution in [-0.2, 0) is 0 Å². The van der Waals surface area contributed by atoms with Crippen molar-refractivity contribution in [3.05, 3.63) is 127 Å². The molecule has 40 heavy (non-hydrogen) atoms. The van der Waals surface area contributed by atoms with Crippen LogP contribution in [0.15, 0.2) is 127 Å². The van der Waals surface area contributed by atoms with Crippen LogP contribution < -0.4 is 0 Å². The van der Waals surface area contributed by atoms with E-state index >= 15 is 0 Å². The number of fused-ring (bicyclic) bond motifs is 10. The van der Waals surface area contributed by atoms with E-state index in [0.717, 1.165) is 0 Å². The predicted molar refractivity (Wildman–Crippen MR) is 173 cm³/mol. The highest BCUT2D eigenvalue weighted by atomic mass is 32.1. The zero-order valence-corrected chi connectivity index (χ0v) is 22.3. The second-order valence-electron chi connectivity index (χ2n) is 10.9. The van der Waals surface area contributed by atoms with Crippen molar-refractivity contribution in [2.45, 2.75) is 0 Å². The molecule has 9 aromatic rings. The van der Waals surface area contributed by atoms with E-state index in [-0.39, 0.29) is 0 Å². The summed E-state index contributed by atoms with van der Waals surface area (Å²) in [6.07, 6.45) is 0. The quantitative estimate of drug-likeness (QED) is 0.202. The largest absolute Gasteiger partial charge is 0.309 e. The lowest BCUT2D eigenvalue weighted by atomic mass is 10.0. The molecule has 0 amide bonds. The molecule has 2 heteroatoms. The number of nitrogens with zero attached hydrogens (tertiary/aromatic N) is 1. The van der Waals surface area contributed by atoms with Gasteiger partial charge in [0.2, 0.25) is 0 Å². The lowest BCUT2D eigenvalue weighted by molar-refractivity contribution is 1.20. The SMILES string of the molecule is c1ccc2c(c1)-c1cccc3c(-n4c5ccccc5c5cc6cc7sc8ccccc8c7cc6cc54)ccc-2c13. The van der Waals surface area contributed by atoms with E-state index in [1.807, 2.05) is 11.3 Å². The van der Waals surface area contributed by atoms with Crippen LogP contribution in [0.2, 0.25) is 0 Å². The van der Waals surface area contributed by atoms with Gasteiger partial charge in [-0.25, -0.2) is 0 Å². The van der Waals surface area contributed by atoms with E-state index < -0.39 is 0 Å². The van der Waals surface area contributed by atoms with E-state index in [1.165, 1.54) is 91.5 Å². The summed E-state index contributed by atoms with van der Waals surface area (Å²) < 4.78 is 5.19. The van der Waals surface area contributed by atoms with Crippen LogP contribution in [0.5, 0.6) is 0 Å². The lowest BCUT2D eigenvalue weighted by Crippen LogP contribution is -1.95. The van der Waals surface area contributed by atoms with Crippen molar-refractivity contribution in [2.75, 3.05) is 0 Å². The van der Waals surface area contributed by atoms with Crippen molar-refractivity contribution in [2.24, 2.45) is 0 Å². The minimum Gasteiger partial charge on any atom is -0.309 e. The standard InChI is InChI=1S/C38H21NS/c1-2-9-25-24(8-1)28-12-7-13-30-34(17-16-29(25)38(28)30)39-33-14-5-3-10-26(33)31-18-23-21-37-32(19-22(23)20-35(31)39)27-11-4-6-15-36(27)40-37/h1-21H. The minimum absolute atomic E-state index is 1.24. The molecular formula is C38H21NS. The normalized spacial score (nSPS) is 12.5. The summed E-state index contributed by atoms with van der Waals surface area (Å²) in [4.78, 5) is 0. The molecule has 2 heterocycles. The molecule has 10 rings (SSSR count). The molecule has 184 valence electrons. The van der Waals surface area contributed by atoms with Crippen molar-refractivity contribution in [3.8, 4) is 27.9 Å². The molecule has 7 aromatic carbocycles. The van der Waals surface area contributed by atoms with E-state index in [4.69, 9.17) is 0 Å². The highest BCUT2D eigenvalue weighted by Crippen LogP contribution is 2.49. The molecular weight excluding hydrogens is 502 g/mol. The third-order valence-electron chi connectivity index (χ3n) is 8.89. The molecule has 0 spiro atoms. The van der Waals surface area contributed by atoms with Gasteiger partial charge in [-0.2, -0.15) is 0 Å². The van der Waals surface area contributed by atoms with Crippen LogP contribution in [0.1, 0.15) is 0 Å². The molecule has 1 aliphatic rings. The molecule has 0 aliphatic heterocycles. The molecule has 0 N–H and O–H groups in total. The topological polar surface area (TPSA) is 4.93 Å². The molecule has 0 radical (unpaired) electrons. The van der Waals surface area contributed by atoms with Gasteiger partial charge in [0, 0.05) is 36.3 Å². The first-order chi connectivity index (χ1) is 19.8. The first-order valence-corrected chi connectivity index (χ1v) is 14.6. The summed E-state index contributed by atoms with van der Waals surface area (Å²) in [5, 5.41) is 10.5. The number of aromatic nitrogens is 1. The zero-order valence-electron chi connectivity index (χ0n) is 21.5. The number of hydrogen-bond acceptors (Lipinski definition) is 1. The molecule has 0 unspecified atom stereocenters. The molecule has 0 fully saturated rings. The molecule has 0 saturated heterocycles. The maximum absolute atomic E-state index is 2.49. The molecule has 0 bridgehead atoms. The van der Waals surface area contributed by atoms with Crippen LogP contribution in [0.3, 0.4) is 0 Å². The summed E-state index contributed by atoms with van der Waals surface area (Å²) in [6, 6.07) is 47.5. The third kappa shape index (κ3) is 2.57. The maximum atomic E-state index is 2.49. The van der Waals surface area contributed by atoms with Gasteiger partial charge in [0.25, 0.3) is 0 Å². The van der Waals surface area contributed by atoms with Crippen LogP contribution >= 0.6 is 11.3 Å². The molecule has 1 nitrogen and oxygen atoms in total. The molecule has 1 aliphatic carbocycles. The smallest absolute Gasteiger partial charge is 0.0547 e.